The summed E-state index contributed by atoms with van der Waals surface area (Å²) in [7, 11) is 6.72. The van der Waals surface area contributed by atoms with Crippen LogP contribution in [-0.2, 0) is 0 Å². The van der Waals surface area contributed by atoms with Gasteiger partial charge in [-0.05, 0) is 32.2 Å². The number of ether oxygens (including phenoxy) is 3. The van der Waals surface area contributed by atoms with E-state index in [1.54, 1.807) is 27.6 Å². The highest BCUT2D eigenvalue weighted by atomic mass is 16.5. The van der Waals surface area contributed by atoms with Crippen LogP contribution in [0.5, 0.6) is 17.2 Å². The second-order valence-electron chi connectivity index (χ2n) is 4.58. The second kappa shape index (κ2) is 6.54. The highest BCUT2D eigenvalue weighted by molar-refractivity contribution is 5.58. The van der Waals surface area contributed by atoms with Crippen LogP contribution < -0.4 is 19.5 Å². The second-order valence-corrected chi connectivity index (χ2v) is 4.58. The van der Waals surface area contributed by atoms with Gasteiger partial charge in [0.1, 0.15) is 5.76 Å². The van der Waals surface area contributed by atoms with Gasteiger partial charge in [-0.3, -0.25) is 0 Å². The Labute approximate surface area is 124 Å². The van der Waals surface area contributed by atoms with Crippen LogP contribution in [0.15, 0.2) is 28.9 Å². The van der Waals surface area contributed by atoms with Crippen LogP contribution in [0.2, 0.25) is 0 Å². The van der Waals surface area contributed by atoms with Crippen LogP contribution in [0, 0.1) is 6.92 Å². The largest absolute Gasteiger partial charge is 0.493 e. The van der Waals surface area contributed by atoms with E-state index in [4.69, 9.17) is 18.6 Å². The molecule has 1 unspecified atom stereocenters. The molecule has 0 bridgehead atoms. The smallest absolute Gasteiger partial charge is 0.203 e. The molecular formula is C16H21NO4. The Morgan fingerprint density at radius 3 is 2.14 bits per heavy atom. The number of nitrogens with one attached hydrogen (secondary N) is 1. The Balaban J connectivity index is 2.59. The van der Waals surface area contributed by atoms with E-state index < -0.39 is 0 Å². The van der Waals surface area contributed by atoms with E-state index in [0.717, 1.165) is 16.9 Å². The molecule has 1 heterocycles. The van der Waals surface area contributed by atoms with Crippen molar-refractivity contribution in [1.29, 1.82) is 0 Å². The number of aryl methyl sites for hydroxylation is 1. The molecule has 1 atom stereocenters. The Morgan fingerprint density at radius 2 is 1.67 bits per heavy atom. The average Bonchev–Trinajstić information content (AvgIpc) is 2.93. The van der Waals surface area contributed by atoms with E-state index in [1.165, 1.54) is 0 Å². The molecule has 0 aliphatic carbocycles. The van der Waals surface area contributed by atoms with Crippen molar-refractivity contribution in [1.82, 2.24) is 5.32 Å². The fourth-order valence-electron chi connectivity index (χ4n) is 2.52. The summed E-state index contributed by atoms with van der Waals surface area (Å²) in [5, 5.41) is 3.29. The Hall–Kier alpha value is -2.14. The molecule has 5 nitrogen and oxygen atoms in total. The zero-order valence-corrected chi connectivity index (χ0v) is 13.0. The molecule has 1 N–H and O–H groups in total. The first-order chi connectivity index (χ1) is 10.2. The van der Waals surface area contributed by atoms with Crippen molar-refractivity contribution < 1.29 is 18.6 Å². The van der Waals surface area contributed by atoms with Crippen LogP contribution in [0.3, 0.4) is 0 Å². The minimum Gasteiger partial charge on any atom is -0.493 e. The molecule has 21 heavy (non-hydrogen) atoms. The number of hydrogen-bond donors (Lipinski definition) is 1. The predicted octanol–water partition coefficient (Wildman–Crippen LogP) is 2.92. The van der Waals surface area contributed by atoms with Crippen molar-refractivity contribution >= 4 is 0 Å². The first-order valence-electron chi connectivity index (χ1n) is 6.68. The summed E-state index contributed by atoms with van der Waals surface area (Å²) in [5.74, 6) is 2.73. The summed E-state index contributed by atoms with van der Waals surface area (Å²) >= 11 is 0. The van der Waals surface area contributed by atoms with Crippen molar-refractivity contribution in [3.05, 3.63) is 41.3 Å². The summed E-state index contributed by atoms with van der Waals surface area (Å²) < 4.78 is 21.7. The third-order valence-corrected chi connectivity index (χ3v) is 3.54. The van der Waals surface area contributed by atoms with Gasteiger partial charge in [-0.1, -0.05) is 0 Å². The molecular weight excluding hydrogens is 270 g/mol. The Morgan fingerprint density at radius 1 is 0.952 bits per heavy atom. The maximum absolute atomic E-state index is 5.55. The van der Waals surface area contributed by atoms with Gasteiger partial charge in [0.15, 0.2) is 11.5 Å². The van der Waals surface area contributed by atoms with Crippen LogP contribution in [0.1, 0.15) is 22.9 Å². The lowest BCUT2D eigenvalue weighted by Crippen LogP contribution is -2.19. The van der Waals surface area contributed by atoms with Crippen LogP contribution in [0.25, 0.3) is 0 Å². The molecule has 0 fully saturated rings. The SMILES string of the molecule is CNC(c1ccoc1C)c1ccc(OC)c(OC)c1OC. The highest BCUT2D eigenvalue weighted by Gasteiger charge is 2.24. The van der Waals surface area contributed by atoms with E-state index in [0.29, 0.717) is 17.2 Å². The summed E-state index contributed by atoms with van der Waals surface area (Å²) in [5.41, 5.74) is 2.02. The van der Waals surface area contributed by atoms with Crippen LogP contribution in [0.4, 0.5) is 0 Å². The fourth-order valence-corrected chi connectivity index (χ4v) is 2.52. The predicted molar refractivity (Wildman–Crippen MR) is 80.4 cm³/mol. The first kappa shape index (κ1) is 15.3. The van der Waals surface area contributed by atoms with Gasteiger partial charge in [-0.2, -0.15) is 0 Å². The zero-order chi connectivity index (χ0) is 15.4. The molecule has 0 aliphatic heterocycles. The minimum atomic E-state index is -0.0569. The zero-order valence-electron chi connectivity index (χ0n) is 13.0. The van der Waals surface area contributed by atoms with Gasteiger partial charge in [0.25, 0.3) is 0 Å². The molecule has 0 radical (unpaired) electrons. The molecule has 2 aromatic rings. The third-order valence-electron chi connectivity index (χ3n) is 3.54. The third kappa shape index (κ3) is 2.69. The number of furan rings is 1. The van der Waals surface area contributed by atoms with Gasteiger partial charge in [-0.25, -0.2) is 0 Å². The van der Waals surface area contributed by atoms with Gasteiger partial charge in [0.05, 0.1) is 33.6 Å². The Kier molecular flexibility index (Phi) is 4.75. The maximum Gasteiger partial charge on any atom is 0.203 e. The van der Waals surface area contributed by atoms with Crippen LogP contribution in [-0.4, -0.2) is 28.4 Å². The lowest BCUT2D eigenvalue weighted by molar-refractivity contribution is 0.320. The maximum atomic E-state index is 5.55. The van der Waals surface area contributed by atoms with Gasteiger partial charge in [-0.15, -0.1) is 0 Å². The highest BCUT2D eigenvalue weighted by Crippen LogP contribution is 2.43. The van der Waals surface area contributed by atoms with E-state index in [9.17, 15) is 0 Å². The number of methoxy groups -OCH3 is 3. The van der Waals surface area contributed by atoms with Crippen LogP contribution >= 0.6 is 0 Å². The molecule has 0 amide bonds. The van der Waals surface area contributed by atoms with E-state index in [-0.39, 0.29) is 6.04 Å². The van der Waals surface area contributed by atoms with Gasteiger partial charge >= 0.3 is 0 Å². The molecule has 114 valence electrons. The topological polar surface area (TPSA) is 52.9 Å². The lowest BCUT2D eigenvalue weighted by atomic mass is 9.97. The van der Waals surface area contributed by atoms with Gasteiger partial charge in [0.2, 0.25) is 5.75 Å². The first-order valence-corrected chi connectivity index (χ1v) is 6.68. The van der Waals surface area contributed by atoms with Crippen molar-refractivity contribution in [2.24, 2.45) is 0 Å². The quantitative estimate of drug-likeness (QED) is 0.887. The molecule has 0 aliphatic rings. The summed E-state index contributed by atoms with van der Waals surface area (Å²) in [4.78, 5) is 0. The monoisotopic (exact) mass is 291 g/mol. The average molecular weight is 291 g/mol. The fraction of sp³-hybridized carbons (Fsp3) is 0.375. The van der Waals surface area contributed by atoms with Crippen molar-refractivity contribution in [3.63, 3.8) is 0 Å². The molecule has 1 aromatic heterocycles. The normalized spacial score (nSPS) is 12.0. The molecule has 0 spiro atoms. The Bertz CT molecular complexity index is 606. The molecule has 0 saturated carbocycles. The number of benzene rings is 1. The molecule has 1 aromatic carbocycles. The standard InChI is InChI=1S/C16H21NO4/c1-10-11(8-9-21-10)14(17-2)12-6-7-13(18-3)16(20-5)15(12)19-4/h6-9,14,17H,1-5H3. The molecule has 5 heteroatoms. The molecule has 0 saturated heterocycles. The minimum absolute atomic E-state index is 0.0569. The summed E-state index contributed by atoms with van der Waals surface area (Å²) in [6.07, 6.45) is 1.68. The van der Waals surface area contributed by atoms with Gasteiger partial charge < -0.3 is 23.9 Å². The molecule has 2 rings (SSSR count). The summed E-state index contributed by atoms with van der Waals surface area (Å²) in [6.45, 7) is 1.94. The van der Waals surface area contributed by atoms with Crippen molar-refractivity contribution in [3.8, 4) is 17.2 Å². The van der Waals surface area contributed by atoms with E-state index >= 15 is 0 Å². The van der Waals surface area contributed by atoms with E-state index in [2.05, 4.69) is 5.32 Å². The van der Waals surface area contributed by atoms with Gasteiger partial charge in [0, 0.05) is 11.1 Å². The van der Waals surface area contributed by atoms with Crippen molar-refractivity contribution in [2.45, 2.75) is 13.0 Å². The number of hydrogen-bond acceptors (Lipinski definition) is 5. The van der Waals surface area contributed by atoms with Crippen molar-refractivity contribution in [2.75, 3.05) is 28.4 Å². The number of rotatable bonds is 6. The van der Waals surface area contributed by atoms with E-state index in [1.807, 2.05) is 32.2 Å². The lowest BCUT2D eigenvalue weighted by Gasteiger charge is -2.22. The summed E-state index contributed by atoms with van der Waals surface area (Å²) in [6, 6.07) is 5.73.